The molecular formula is C41H39FN2O5S. The summed E-state index contributed by atoms with van der Waals surface area (Å²) >= 11 is 1.84. The zero-order chi connectivity index (χ0) is 35.3. The van der Waals surface area contributed by atoms with Crippen molar-refractivity contribution in [2.45, 2.75) is 54.9 Å². The number of nitrogens with zero attached hydrogens (tertiary/aromatic N) is 1. The zero-order valence-corrected chi connectivity index (χ0v) is 28.9. The molecule has 256 valence electrons. The number of aromatic nitrogens is 1. The number of hydrogen-bond donors (Lipinski definition) is 2. The van der Waals surface area contributed by atoms with Crippen molar-refractivity contribution in [1.82, 2.24) is 10.3 Å². The van der Waals surface area contributed by atoms with Crippen molar-refractivity contribution in [3.05, 3.63) is 155 Å². The molecule has 1 aliphatic rings. The molecule has 0 spiro atoms. The molecule has 9 heteroatoms. The number of aromatic carboxylic acids is 1. The number of carboxylic acid groups (broad SMARTS) is 1. The lowest BCUT2D eigenvalue weighted by molar-refractivity contribution is -0.164. The lowest BCUT2D eigenvalue weighted by atomic mass is 9.84. The Bertz CT molecular complexity index is 1820. The predicted octanol–water partition coefficient (Wildman–Crippen LogP) is 8.13. The SMILES string of the molecule is CC(C)(C)OC(=O)C(Oc1ccc(C(=O)O)c(-c2ccc(F)cc2)n1)[C@@H]1C[C@H](SC(c2ccccc2)(c2ccccc2)c2ccccc2)CN1. The smallest absolute Gasteiger partial charge is 0.349 e. The Hall–Kier alpha value is -4.99. The number of thioether (sulfide) groups is 1. The summed E-state index contributed by atoms with van der Waals surface area (Å²) in [5.74, 6) is -2.16. The van der Waals surface area contributed by atoms with Crippen LogP contribution in [0.1, 0.15) is 54.2 Å². The van der Waals surface area contributed by atoms with Crippen LogP contribution in [-0.2, 0) is 14.3 Å². The number of pyridine rings is 1. The van der Waals surface area contributed by atoms with Crippen molar-refractivity contribution in [3.63, 3.8) is 0 Å². The van der Waals surface area contributed by atoms with Gasteiger partial charge in [-0.2, -0.15) is 0 Å². The second kappa shape index (κ2) is 14.9. The van der Waals surface area contributed by atoms with Gasteiger partial charge in [-0.25, -0.2) is 19.0 Å². The van der Waals surface area contributed by atoms with E-state index in [2.05, 4.69) is 83.1 Å². The summed E-state index contributed by atoms with van der Waals surface area (Å²) in [6.45, 7) is 5.98. The van der Waals surface area contributed by atoms with E-state index in [4.69, 9.17) is 9.47 Å². The summed E-state index contributed by atoms with van der Waals surface area (Å²) in [6, 6.07) is 39.1. The molecule has 1 unspecified atom stereocenters. The van der Waals surface area contributed by atoms with Crippen molar-refractivity contribution in [2.24, 2.45) is 0 Å². The van der Waals surface area contributed by atoms with Gasteiger partial charge in [0, 0.05) is 23.4 Å². The van der Waals surface area contributed by atoms with E-state index in [1.165, 1.54) is 36.4 Å². The summed E-state index contributed by atoms with van der Waals surface area (Å²) in [5.41, 5.74) is 3.06. The molecule has 2 N–H and O–H groups in total. The average molecular weight is 691 g/mol. The normalized spacial score (nSPS) is 16.8. The third-order valence-corrected chi connectivity index (χ3v) is 10.2. The quantitative estimate of drug-likeness (QED) is 0.106. The van der Waals surface area contributed by atoms with E-state index in [0.717, 1.165) is 16.7 Å². The summed E-state index contributed by atoms with van der Waals surface area (Å²) in [5, 5.41) is 13.5. The number of carboxylic acids is 1. The van der Waals surface area contributed by atoms with Gasteiger partial charge >= 0.3 is 11.9 Å². The Morgan fingerprint density at radius 2 is 1.36 bits per heavy atom. The minimum atomic E-state index is -1.19. The Labute approximate surface area is 295 Å². The highest BCUT2D eigenvalue weighted by Crippen LogP contribution is 2.51. The van der Waals surface area contributed by atoms with Crippen molar-refractivity contribution in [1.29, 1.82) is 0 Å². The van der Waals surface area contributed by atoms with Crippen LogP contribution in [0, 0.1) is 5.82 Å². The van der Waals surface area contributed by atoms with Gasteiger partial charge in [0.05, 0.1) is 22.0 Å². The molecule has 1 saturated heterocycles. The molecule has 3 atom stereocenters. The van der Waals surface area contributed by atoms with Gasteiger partial charge in [0.25, 0.3) is 0 Å². The van der Waals surface area contributed by atoms with Crippen molar-refractivity contribution in [2.75, 3.05) is 6.54 Å². The van der Waals surface area contributed by atoms with Crippen LogP contribution in [0.2, 0.25) is 0 Å². The van der Waals surface area contributed by atoms with Crippen LogP contribution < -0.4 is 10.1 Å². The molecule has 0 saturated carbocycles. The first kappa shape index (κ1) is 34.9. The standard InChI is InChI=1S/C41H39FN2O5S/c1-40(2,3)49-39(47)37(48-35-24-23-33(38(45)46)36(44-35)27-19-21-31(42)22-20-27)34-25-32(26-43-34)50-41(28-13-7-4-8-14-28,29-15-9-5-10-16-29)30-17-11-6-12-18-30/h4-24,32,34,37,43H,25-26H2,1-3H3,(H,45,46)/t32-,34-,37?/m0/s1. The first-order valence-electron chi connectivity index (χ1n) is 16.5. The highest BCUT2D eigenvalue weighted by molar-refractivity contribution is 8.01. The fraction of sp³-hybridized carbons (Fsp3) is 0.244. The van der Waals surface area contributed by atoms with Crippen molar-refractivity contribution in [3.8, 4) is 17.1 Å². The van der Waals surface area contributed by atoms with Crippen molar-refractivity contribution < 1.29 is 28.6 Å². The molecule has 50 heavy (non-hydrogen) atoms. The predicted molar refractivity (Wildman–Crippen MR) is 194 cm³/mol. The minimum Gasteiger partial charge on any atom is -0.478 e. The molecule has 0 amide bonds. The number of carbonyl (C=O) groups excluding carboxylic acids is 1. The fourth-order valence-electron chi connectivity index (χ4n) is 6.32. The van der Waals surface area contributed by atoms with E-state index in [0.29, 0.717) is 18.5 Å². The molecule has 4 aromatic carbocycles. The monoisotopic (exact) mass is 690 g/mol. The molecule has 1 fully saturated rings. The third kappa shape index (κ3) is 7.74. The van der Waals surface area contributed by atoms with Gasteiger partial charge < -0.3 is 19.9 Å². The zero-order valence-electron chi connectivity index (χ0n) is 28.1. The maximum absolute atomic E-state index is 13.8. The number of ether oxygens (including phenoxy) is 2. The van der Waals surface area contributed by atoms with Gasteiger partial charge in [-0.1, -0.05) is 91.0 Å². The molecule has 2 heterocycles. The summed E-state index contributed by atoms with van der Waals surface area (Å²) in [6.07, 6.45) is -0.524. The highest BCUT2D eigenvalue weighted by atomic mass is 32.2. The van der Waals surface area contributed by atoms with Crippen LogP contribution in [0.3, 0.4) is 0 Å². The Morgan fingerprint density at radius 1 is 0.820 bits per heavy atom. The molecule has 0 aliphatic carbocycles. The maximum atomic E-state index is 13.8. The molecule has 1 aliphatic heterocycles. The van der Waals surface area contributed by atoms with Crippen LogP contribution in [0.25, 0.3) is 11.3 Å². The van der Waals surface area contributed by atoms with E-state index >= 15 is 0 Å². The van der Waals surface area contributed by atoms with E-state index in [-0.39, 0.29) is 22.4 Å². The van der Waals surface area contributed by atoms with Gasteiger partial charge in [0.1, 0.15) is 11.4 Å². The van der Waals surface area contributed by atoms with E-state index in [9.17, 15) is 19.1 Å². The second-order valence-corrected chi connectivity index (χ2v) is 14.7. The fourth-order valence-corrected chi connectivity index (χ4v) is 8.12. The minimum absolute atomic E-state index is 0.0475. The van der Waals surface area contributed by atoms with Crippen LogP contribution in [-0.4, -0.2) is 51.6 Å². The van der Waals surface area contributed by atoms with Crippen LogP contribution >= 0.6 is 11.8 Å². The lowest BCUT2D eigenvalue weighted by Crippen LogP contribution is -2.47. The van der Waals surface area contributed by atoms with E-state index in [1.807, 2.05) is 30.0 Å². The first-order valence-corrected chi connectivity index (χ1v) is 17.4. The lowest BCUT2D eigenvalue weighted by Gasteiger charge is -2.37. The number of hydrogen-bond acceptors (Lipinski definition) is 7. The average Bonchev–Trinajstić information content (AvgIpc) is 3.58. The number of rotatable bonds is 11. The molecule has 0 radical (unpaired) electrons. The summed E-state index contributed by atoms with van der Waals surface area (Å²) in [4.78, 5) is 30.4. The van der Waals surface area contributed by atoms with Gasteiger partial charge in [0.2, 0.25) is 12.0 Å². The van der Waals surface area contributed by atoms with Crippen LogP contribution in [0.4, 0.5) is 4.39 Å². The number of esters is 1. The van der Waals surface area contributed by atoms with Crippen LogP contribution in [0.15, 0.2) is 127 Å². The summed E-state index contributed by atoms with van der Waals surface area (Å²) < 4.78 is 25.3. The Morgan fingerprint density at radius 3 is 1.86 bits per heavy atom. The largest absolute Gasteiger partial charge is 0.478 e. The van der Waals surface area contributed by atoms with Gasteiger partial charge in [-0.3, -0.25) is 0 Å². The van der Waals surface area contributed by atoms with Gasteiger partial charge in [0.15, 0.2) is 0 Å². The number of benzene rings is 4. The number of nitrogens with one attached hydrogen (secondary N) is 1. The molecular weight excluding hydrogens is 652 g/mol. The topological polar surface area (TPSA) is 97.8 Å². The maximum Gasteiger partial charge on any atom is 0.349 e. The highest BCUT2D eigenvalue weighted by Gasteiger charge is 2.45. The second-order valence-electron chi connectivity index (χ2n) is 13.2. The van der Waals surface area contributed by atoms with Crippen LogP contribution in [0.5, 0.6) is 5.88 Å². The molecule has 7 nitrogen and oxygen atoms in total. The molecule has 5 aromatic rings. The third-order valence-electron chi connectivity index (χ3n) is 8.48. The van der Waals surface area contributed by atoms with E-state index in [1.54, 1.807) is 20.8 Å². The summed E-state index contributed by atoms with van der Waals surface area (Å²) in [7, 11) is 0. The molecule has 6 rings (SSSR count). The Kier molecular flexibility index (Phi) is 10.4. The number of halogens is 1. The van der Waals surface area contributed by atoms with Gasteiger partial charge in [-0.05, 0) is 74.2 Å². The number of carbonyl (C=O) groups is 2. The first-order chi connectivity index (χ1) is 24.0. The van der Waals surface area contributed by atoms with Crippen molar-refractivity contribution >= 4 is 23.7 Å². The Balaban J connectivity index is 1.34. The van der Waals surface area contributed by atoms with E-state index < -0.39 is 40.2 Å². The molecule has 1 aromatic heterocycles. The molecule has 0 bridgehead atoms. The van der Waals surface area contributed by atoms with Gasteiger partial charge in [-0.15, -0.1) is 11.8 Å².